The summed E-state index contributed by atoms with van der Waals surface area (Å²) in [6.07, 6.45) is 5.33. The highest BCUT2D eigenvalue weighted by Gasteiger charge is 2.29. The highest BCUT2D eigenvalue weighted by molar-refractivity contribution is 6.35. The molecule has 0 radical (unpaired) electrons. The summed E-state index contributed by atoms with van der Waals surface area (Å²) < 4.78 is 5.64. The first-order valence-corrected chi connectivity index (χ1v) is 11.9. The van der Waals surface area contributed by atoms with Crippen molar-refractivity contribution in [3.8, 4) is 5.75 Å². The Morgan fingerprint density at radius 2 is 1.78 bits per heavy atom. The largest absolute Gasteiger partial charge is 0.482 e. The zero-order valence-electron chi connectivity index (χ0n) is 18.0. The number of benzene rings is 2. The summed E-state index contributed by atoms with van der Waals surface area (Å²) in [5.74, 6) is -0.124. The summed E-state index contributed by atoms with van der Waals surface area (Å²) >= 11 is 18.5. The second-order valence-corrected chi connectivity index (χ2v) is 9.25. The van der Waals surface area contributed by atoms with E-state index in [0.29, 0.717) is 26.4 Å². The molecule has 1 saturated carbocycles. The van der Waals surface area contributed by atoms with Crippen LogP contribution >= 0.6 is 34.8 Å². The summed E-state index contributed by atoms with van der Waals surface area (Å²) in [4.78, 5) is 27.6. The van der Waals surface area contributed by atoms with Crippen LogP contribution < -0.4 is 10.1 Å². The van der Waals surface area contributed by atoms with E-state index in [4.69, 9.17) is 39.5 Å². The number of halogens is 3. The monoisotopic (exact) mass is 496 g/mol. The number of hydrogen-bond donors (Lipinski definition) is 1. The van der Waals surface area contributed by atoms with Gasteiger partial charge in [0.25, 0.3) is 5.91 Å². The van der Waals surface area contributed by atoms with Crippen LogP contribution in [0, 0.1) is 0 Å². The molecule has 32 heavy (non-hydrogen) atoms. The first-order valence-electron chi connectivity index (χ1n) is 10.8. The molecule has 1 N–H and O–H groups in total. The molecule has 0 bridgehead atoms. The average Bonchev–Trinajstić information content (AvgIpc) is 2.78. The van der Waals surface area contributed by atoms with Gasteiger partial charge < -0.3 is 15.0 Å². The Labute approximate surface area is 204 Å². The molecule has 1 aliphatic carbocycles. The van der Waals surface area contributed by atoms with Crippen molar-refractivity contribution in [2.75, 3.05) is 6.61 Å². The van der Waals surface area contributed by atoms with Gasteiger partial charge in [-0.1, -0.05) is 72.3 Å². The van der Waals surface area contributed by atoms with E-state index in [2.05, 4.69) is 5.32 Å². The maximum Gasteiger partial charge on any atom is 0.261 e. The van der Waals surface area contributed by atoms with Gasteiger partial charge >= 0.3 is 0 Å². The van der Waals surface area contributed by atoms with Gasteiger partial charge in [-0.15, -0.1) is 0 Å². The number of amides is 2. The summed E-state index contributed by atoms with van der Waals surface area (Å²) in [6, 6.07) is 11.5. The molecule has 172 valence electrons. The maximum absolute atomic E-state index is 13.2. The van der Waals surface area contributed by atoms with Crippen molar-refractivity contribution in [2.24, 2.45) is 0 Å². The summed E-state index contributed by atoms with van der Waals surface area (Å²) in [5, 5.41) is 4.44. The van der Waals surface area contributed by atoms with E-state index in [9.17, 15) is 9.59 Å². The van der Waals surface area contributed by atoms with Crippen LogP contribution in [-0.2, 0) is 16.1 Å². The molecule has 1 unspecified atom stereocenters. The maximum atomic E-state index is 13.2. The molecule has 1 atom stereocenters. The van der Waals surface area contributed by atoms with E-state index in [1.54, 1.807) is 49.4 Å². The van der Waals surface area contributed by atoms with Crippen LogP contribution in [0.5, 0.6) is 5.75 Å². The molecule has 2 aromatic rings. The first-order chi connectivity index (χ1) is 15.3. The molecule has 0 heterocycles. The minimum atomic E-state index is -0.703. The third kappa shape index (κ3) is 6.77. The van der Waals surface area contributed by atoms with Gasteiger partial charge in [0.1, 0.15) is 11.8 Å². The van der Waals surface area contributed by atoms with Crippen LogP contribution in [0.3, 0.4) is 0 Å². The first kappa shape index (κ1) is 24.7. The van der Waals surface area contributed by atoms with Crippen LogP contribution in [0.2, 0.25) is 15.1 Å². The zero-order chi connectivity index (χ0) is 23.1. The normalized spacial score (nSPS) is 15.1. The van der Waals surface area contributed by atoms with Gasteiger partial charge in [-0.25, -0.2) is 0 Å². The SMILES string of the molecule is CC(C(=O)NC1CCCCC1)N(Cc1ccc(Cl)cc1Cl)C(=O)COc1ccccc1Cl. The Bertz CT molecular complexity index is 948. The molecule has 1 fully saturated rings. The van der Waals surface area contributed by atoms with Crippen molar-refractivity contribution < 1.29 is 14.3 Å². The Kier molecular flexibility index (Phi) is 9.09. The minimum Gasteiger partial charge on any atom is -0.482 e. The average molecular weight is 498 g/mol. The van der Waals surface area contributed by atoms with Gasteiger partial charge in [0.15, 0.2) is 6.61 Å². The van der Waals surface area contributed by atoms with E-state index in [1.165, 1.54) is 11.3 Å². The molecule has 3 rings (SSSR count). The van der Waals surface area contributed by atoms with Crippen LogP contribution in [-0.4, -0.2) is 35.4 Å². The highest BCUT2D eigenvalue weighted by Crippen LogP contribution is 2.25. The molecule has 2 amide bonds. The second kappa shape index (κ2) is 11.8. The number of ether oxygens (including phenoxy) is 1. The van der Waals surface area contributed by atoms with Gasteiger partial charge in [0.05, 0.1) is 5.02 Å². The fourth-order valence-electron chi connectivity index (χ4n) is 3.77. The number of carbonyl (C=O) groups excluding carboxylic acids is 2. The van der Waals surface area contributed by atoms with Crippen molar-refractivity contribution >= 4 is 46.6 Å². The minimum absolute atomic E-state index is 0.147. The molecule has 0 aromatic heterocycles. The van der Waals surface area contributed by atoms with Crippen molar-refractivity contribution in [3.63, 3.8) is 0 Å². The molecule has 8 heteroatoms. The zero-order valence-corrected chi connectivity index (χ0v) is 20.2. The summed E-state index contributed by atoms with van der Waals surface area (Å²) in [6.45, 7) is 1.62. The standard InChI is InChI=1S/C24H27Cl3N2O3/c1-16(24(31)28-19-7-3-2-4-8-19)29(14-17-11-12-18(25)13-21(17)27)23(30)15-32-22-10-6-5-9-20(22)26/h5-6,9-13,16,19H,2-4,7-8,14-15H2,1H3,(H,28,31). The Balaban J connectivity index is 1.75. The number of nitrogens with one attached hydrogen (secondary N) is 1. The Morgan fingerprint density at radius 3 is 2.47 bits per heavy atom. The Morgan fingerprint density at radius 1 is 1.06 bits per heavy atom. The lowest BCUT2D eigenvalue weighted by molar-refractivity contribution is -0.142. The molecular weight excluding hydrogens is 471 g/mol. The highest BCUT2D eigenvalue weighted by atomic mass is 35.5. The molecule has 5 nitrogen and oxygen atoms in total. The third-order valence-corrected chi connectivity index (χ3v) is 6.56. The van der Waals surface area contributed by atoms with Gasteiger partial charge in [-0.2, -0.15) is 0 Å². The number of rotatable bonds is 8. The van der Waals surface area contributed by atoms with Crippen molar-refractivity contribution in [3.05, 3.63) is 63.1 Å². The second-order valence-electron chi connectivity index (χ2n) is 8.00. The van der Waals surface area contributed by atoms with E-state index in [0.717, 1.165) is 25.7 Å². The predicted molar refractivity (Wildman–Crippen MR) is 128 cm³/mol. The van der Waals surface area contributed by atoms with E-state index in [-0.39, 0.29) is 31.0 Å². The number of para-hydroxylation sites is 1. The molecule has 0 aliphatic heterocycles. The number of hydrogen-bond acceptors (Lipinski definition) is 3. The van der Waals surface area contributed by atoms with Crippen LogP contribution in [0.4, 0.5) is 0 Å². The Hall–Kier alpha value is -1.95. The molecule has 2 aromatic carbocycles. The molecular formula is C24H27Cl3N2O3. The third-order valence-electron chi connectivity index (χ3n) is 5.66. The van der Waals surface area contributed by atoms with Crippen LogP contribution in [0.1, 0.15) is 44.6 Å². The van der Waals surface area contributed by atoms with Crippen molar-refractivity contribution in [1.82, 2.24) is 10.2 Å². The predicted octanol–water partition coefficient (Wildman–Crippen LogP) is 5.89. The smallest absolute Gasteiger partial charge is 0.261 e. The van der Waals surface area contributed by atoms with Crippen molar-refractivity contribution in [2.45, 2.75) is 57.7 Å². The molecule has 0 spiro atoms. The molecule has 1 aliphatic rings. The summed E-state index contributed by atoms with van der Waals surface area (Å²) in [7, 11) is 0. The fourth-order valence-corrected chi connectivity index (χ4v) is 4.43. The van der Waals surface area contributed by atoms with Crippen LogP contribution in [0.25, 0.3) is 0 Å². The topological polar surface area (TPSA) is 58.6 Å². The van der Waals surface area contributed by atoms with Gasteiger partial charge in [-0.05, 0) is 49.6 Å². The summed E-state index contributed by atoms with van der Waals surface area (Å²) in [5.41, 5.74) is 0.694. The lowest BCUT2D eigenvalue weighted by Crippen LogP contribution is -2.51. The van der Waals surface area contributed by atoms with Gasteiger partial charge in [0.2, 0.25) is 5.91 Å². The van der Waals surface area contributed by atoms with E-state index >= 15 is 0 Å². The lowest BCUT2D eigenvalue weighted by Gasteiger charge is -2.31. The number of nitrogens with zero attached hydrogens (tertiary/aromatic N) is 1. The lowest BCUT2D eigenvalue weighted by atomic mass is 9.95. The number of carbonyl (C=O) groups is 2. The molecule has 0 saturated heterocycles. The van der Waals surface area contributed by atoms with Gasteiger partial charge in [-0.3, -0.25) is 9.59 Å². The van der Waals surface area contributed by atoms with Crippen molar-refractivity contribution in [1.29, 1.82) is 0 Å². The van der Waals surface area contributed by atoms with Gasteiger partial charge in [0, 0.05) is 22.6 Å². The fraction of sp³-hybridized carbons (Fsp3) is 0.417. The quantitative estimate of drug-likeness (QED) is 0.494. The van der Waals surface area contributed by atoms with E-state index < -0.39 is 6.04 Å². The van der Waals surface area contributed by atoms with Crippen LogP contribution in [0.15, 0.2) is 42.5 Å². The van der Waals surface area contributed by atoms with E-state index in [1.807, 2.05) is 0 Å².